The normalized spacial score (nSPS) is 21.4. The van der Waals surface area contributed by atoms with Gasteiger partial charge in [-0.1, -0.05) is 12.1 Å². The predicted octanol–water partition coefficient (Wildman–Crippen LogP) is 3.25. The van der Waals surface area contributed by atoms with E-state index in [9.17, 15) is 13.2 Å². The molecule has 5 rings (SSSR count). The lowest BCUT2D eigenvalue weighted by Crippen LogP contribution is -2.34. The molecule has 0 saturated carbocycles. The summed E-state index contributed by atoms with van der Waals surface area (Å²) >= 11 is 0. The number of sulfonamides is 1. The second-order valence-electron chi connectivity index (χ2n) is 8.25. The fourth-order valence-electron chi connectivity index (χ4n) is 4.83. The molecule has 1 aromatic heterocycles. The Morgan fingerprint density at radius 1 is 1.20 bits per heavy atom. The molecule has 2 aliphatic heterocycles. The first-order valence-electron chi connectivity index (χ1n) is 10.2. The first-order valence-corrected chi connectivity index (χ1v) is 12.1. The predicted molar refractivity (Wildman–Crippen MR) is 116 cm³/mol. The second-order valence-corrected chi connectivity index (χ2v) is 10.1. The Labute approximate surface area is 175 Å². The van der Waals surface area contributed by atoms with Crippen molar-refractivity contribution in [1.29, 1.82) is 0 Å². The lowest BCUT2D eigenvalue weighted by molar-refractivity contribution is 0.0730. The number of likely N-dealkylation sites (tertiary alicyclic amines) is 1. The van der Waals surface area contributed by atoms with Crippen LogP contribution in [0.2, 0.25) is 0 Å². The van der Waals surface area contributed by atoms with Gasteiger partial charge in [-0.2, -0.15) is 0 Å². The van der Waals surface area contributed by atoms with Crippen molar-refractivity contribution in [3.8, 4) is 0 Å². The number of nitrogens with one attached hydrogen (secondary N) is 1. The zero-order valence-electron chi connectivity index (χ0n) is 17.0. The minimum Gasteiger partial charge on any atom is -0.340 e. The Balaban J connectivity index is 1.45. The van der Waals surface area contributed by atoms with E-state index in [-0.39, 0.29) is 18.0 Å². The molecule has 30 heavy (non-hydrogen) atoms. The second kappa shape index (κ2) is 6.84. The van der Waals surface area contributed by atoms with E-state index in [1.165, 1.54) is 10.6 Å². The maximum absolute atomic E-state index is 13.4. The minimum atomic E-state index is -3.35. The van der Waals surface area contributed by atoms with Gasteiger partial charge in [0.1, 0.15) is 5.82 Å². The summed E-state index contributed by atoms with van der Waals surface area (Å²) < 4.78 is 25.7. The molecule has 2 aromatic carbocycles. The van der Waals surface area contributed by atoms with Gasteiger partial charge < -0.3 is 9.88 Å². The van der Waals surface area contributed by atoms with E-state index in [2.05, 4.69) is 4.98 Å². The number of fused-ring (bicyclic) bond motifs is 2. The van der Waals surface area contributed by atoms with Crippen molar-refractivity contribution in [3.05, 3.63) is 59.4 Å². The third-order valence-corrected chi connectivity index (χ3v) is 7.35. The fraction of sp³-hybridized carbons (Fsp3) is 0.364. The highest BCUT2D eigenvalue weighted by atomic mass is 32.2. The Morgan fingerprint density at radius 3 is 2.77 bits per heavy atom. The average Bonchev–Trinajstić information content (AvgIpc) is 3.40. The van der Waals surface area contributed by atoms with Crippen LogP contribution in [0.3, 0.4) is 0 Å². The smallest absolute Gasteiger partial charge is 0.254 e. The topological polar surface area (TPSA) is 86.4 Å². The number of imidazole rings is 1. The van der Waals surface area contributed by atoms with Crippen molar-refractivity contribution in [2.75, 3.05) is 17.1 Å². The quantitative estimate of drug-likeness (QED) is 0.699. The number of hydrogen-bond donors (Lipinski definition) is 1. The van der Waals surface area contributed by atoms with Crippen molar-refractivity contribution in [3.63, 3.8) is 0 Å². The van der Waals surface area contributed by atoms with Crippen LogP contribution in [-0.2, 0) is 16.4 Å². The van der Waals surface area contributed by atoms with Gasteiger partial charge in [0.05, 0.1) is 29.0 Å². The van der Waals surface area contributed by atoms with E-state index in [0.29, 0.717) is 24.2 Å². The highest BCUT2D eigenvalue weighted by molar-refractivity contribution is 7.92. The van der Waals surface area contributed by atoms with Crippen LogP contribution < -0.4 is 4.31 Å². The monoisotopic (exact) mass is 424 g/mol. The first kappa shape index (κ1) is 19.1. The highest BCUT2D eigenvalue weighted by Gasteiger charge is 2.35. The summed E-state index contributed by atoms with van der Waals surface area (Å²) in [6, 6.07) is 13.0. The zero-order valence-corrected chi connectivity index (χ0v) is 17.8. The number of aromatic amines is 1. The zero-order chi connectivity index (χ0) is 21.0. The molecule has 2 aliphatic rings. The molecule has 1 amide bonds. The third-order valence-electron chi connectivity index (χ3n) is 6.07. The van der Waals surface area contributed by atoms with Gasteiger partial charge in [0.15, 0.2) is 0 Å². The van der Waals surface area contributed by atoms with E-state index in [1.54, 1.807) is 12.1 Å². The summed E-state index contributed by atoms with van der Waals surface area (Å²) in [5.74, 6) is 0.784. The lowest BCUT2D eigenvalue weighted by Gasteiger charge is -2.24. The molecular formula is C22H24N4O3S. The average molecular weight is 425 g/mol. The van der Waals surface area contributed by atoms with Gasteiger partial charge in [-0.3, -0.25) is 9.10 Å². The van der Waals surface area contributed by atoms with Gasteiger partial charge in [0.2, 0.25) is 10.0 Å². The molecule has 2 atom stereocenters. The standard InChI is InChI=1S/C22H24N4O3S/c1-14-12-16-13-15(9-10-19(16)26(14)30(2,28)29)22(27)25-11-5-8-20(25)21-23-17-6-3-4-7-18(17)24-21/h3-4,6-7,9-10,13-14,20H,5,8,11-12H2,1-2H3,(H,23,24)/t14-,20-/m1/s1. The number of benzene rings is 2. The van der Waals surface area contributed by atoms with Crippen molar-refractivity contribution < 1.29 is 13.2 Å². The molecule has 156 valence electrons. The van der Waals surface area contributed by atoms with Crippen molar-refractivity contribution >= 4 is 32.7 Å². The van der Waals surface area contributed by atoms with Crippen LogP contribution in [0.25, 0.3) is 11.0 Å². The van der Waals surface area contributed by atoms with Gasteiger partial charge >= 0.3 is 0 Å². The molecule has 0 bridgehead atoms. The minimum absolute atomic E-state index is 0.0359. The van der Waals surface area contributed by atoms with E-state index < -0.39 is 10.0 Å². The summed E-state index contributed by atoms with van der Waals surface area (Å²) in [6.45, 7) is 2.57. The summed E-state index contributed by atoms with van der Waals surface area (Å²) in [5, 5.41) is 0. The van der Waals surface area contributed by atoms with Crippen LogP contribution in [0.5, 0.6) is 0 Å². The maximum Gasteiger partial charge on any atom is 0.254 e. The van der Waals surface area contributed by atoms with Crippen LogP contribution in [0.4, 0.5) is 5.69 Å². The summed E-state index contributed by atoms with van der Waals surface area (Å²) in [7, 11) is -3.35. The van der Waals surface area contributed by atoms with E-state index in [1.807, 2.05) is 42.2 Å². The molecule has 3 heterocycles. The van der Waals surface area contributed by atoms with E-state index in [0.717, 1.165) is 35.3 Å². The Morgan fingerprint density at radius 2 is 2.00 bits per heavy atom. The lowest BCUT2D eigenvalue weighted by atomic mass is 10.1. The molecule has 8 heteroatoms. The number of H-pyrrole nitrogens is 1. The van der Waals surface area contributed by atoms with Gasteiger partial charge in [-0.15, -0.1) is 0 Å². The van der Waals surface area contributed by atoms with Crippen LogP contribution in [0.15, 0.2) is 42.5 Å². The molecular weight excluding hydrogens is 400 g/mol. The summed E-state index contributed by atoms with van der Waals surface area (Å²) in [6.07, 6.45) is 3.63. The van der Waals surface area contributed by atoms with Crippen molar-refractivity contribution in [2.24, 2.45) is 0 Å². The summed E-state index contributed by atoms with van der Waals surface area (Å²) in [5.41, 5.74) is 4.05. The largest absolute Gasteiger partial charge is 0.340 e. The van der Waals surface area contributed by atoms with E-state index >= 15 is 0 Å². The molecule has 0 unspecified atom stereocenters. The molecule has 1 saturated heterocycles. The Kier molecular flexibility index (Phi) is 4.36. The number of para-hydroxylation sites is 2. The number of amides is 1. The molecule has 1 N–H and O–H groups in total. The number of carbonyl (C=O) groups is 1. The molecule has 3 aromatic rings. The Bertz CT molecular complexity index is 1220. The number of aromatic nitrogens is 2. The molecule has 0 radical (unpaired) electrons. The van der Waals surface area contributed by atoms with Gasteiger partial charge in [0, 0.05) is 18.2 Å². The molecule has 0 aliphatic carbocycles. The van der Waals surface area contributed by atoms with Gasteiger partial charge in [-0.25, -0.2) is 13.4 Å². The SMILES string of the molecule is C[C@@H]1Cc2cc(C(=O)N3CCC[C@@H]3c3nc4ccccc4[nH]3)ccc2N1S(C)(=O)=O. The number of carbonyl (C=O) groups excluding carboxylic acids is 1. The van der Waals surface area contributed by atoms with E-state index in [4.69, 9.17) is 4.98 Å². The number of nitrogens with zero attached hydrogens (tertiary/aromatic N) is 3. The van der Waals surface area contributed by atoms with Crippen LogP contribution in [0, 0.1) is 0 Å². The van der Waals surface area contributed by atoms with Crippen LogP contribution >= 0.6 is 0 Å². The molecule has 7 nitrogen and oxygen atoms in total. The third kappa shape index (κ3) is 3.06. The number of anilines is 1. The first-order chi connectivity index (χ1) is 14.3. The maximum atomic E-state index is 13.4. The number of hydrogen-bond acceptors (Lipinski definition) is 4. The highest BCUT2D eigenvalue weighted by Crippen LogP contribution is 2.37. The van der Waals surface area contributed by atoms with Crippen LogP contribution in [0.1, 0.15) is 47.6 Å². The van der Waals surface area contributed by atoms with Crippen LogP contribution in [-0.4, -0.2) is 48.0 Å². The number of rotatable bonds is 3. The van der Waals surface area contributed by atoms with Crippen molar-refractivity contribution in [2.45, 2.75) is 38.3 Å². The Hall–Kier alpha value is -2.87. The van der Waals surface area contributed by atoms with Gasteiger partial charge in [-0.05, 0) is 62.1 Å². The molecule has 0 spiro atoms. The van der Waals surface area contributed by atoms with Gasteiger partial charge in [0.25, 0.3) is 5.91 Å². The fourth-order valence-corrected chi connectivity index (χ4v) is 6.10. The molecule has 1 fully saturated rings. The van der Waals surface area contributed by atoms with Crippen molar-refractivity contribution in [1.82, 2.24) is 14.9 Å². The summed E-state index contributed by atoms with van der Waals surface area (Å²) in [4.78, 5) is 23.3.